The Morgan fingerprint density at radius 2 is 1.87 bits per heavy atom. The molecular weight excluding hydrogens is 190 g/mol. The molecule has 0 fully saturated rings. The number of ether oxygens (including phenoxy) is 1. The molecule has 0 aromatic heterocycles. The predicted molar refractivity (Wildman–Crippen MR) is 62.5 cm³/mol. The first-order valence-electron chi connectivity index (χ1n) is 5.54. The second kappa shape index (κ2) is 4.97. The van der Waals surface area contributed by atoms with Gasteiger partial charge in [0, 0.05) is 5.54 Å². The van der Waals surface area contributed by atoms with Crippen LogP contribution in [0.15, 0.2) is 0 Å². The van der Waals surface area contributed by atoms with Gasteiger partial charge in [-0.05, 0) is 25.2 Å². The minimum absolute atomic E-state index is 0.184. The van der Waals surface area contributed by atoms with Gasteiger partial charge in [0.2, 0.25) is 0 Å². The molecule has 0 bridgehead atoms. The van der Waals surface area contributed by atoms with E-state index in [9.17, 15) is 4.79 Å². The fourth-order valence-electron chi connectivity index (χ4n) is 1.86. The van der Waals surface area contributed by atoms with Gasteiger partial charge in [0.05, 0.1) is 13.5 Å². The molecule has 0 radical (unpaired) electrons. The smallest absolute Gasteiger partial charge is 0.306 e. The molecule has 2 atom stereocenters. The molecule has 0 saturated carbocycles. The van der Waals surface area contributed by atoms with Crippen LogP contribution in [0, 0.1) is 11.3 Å². The van der Waals surface area contributed by atoms with Crippen molar-refractivity contribution >= 4 is 5.97 Å². The third-order valence-electron chi connectivity index (χ3n) is 3.91. The minimum Gasteiger partial charge on any atom is -0.469 e. The van der Waals surface area contributed by atoms with E-state index in [-0.39, 0.29) is 11.4 Å². The maximum atomic E-state index is 11.4. The van der Waals surface area contributed by atoms with Crippen molar-refractivity contribution in [3.63, 3.8) is 0 Å². The summed E-state index contributed by atoms with van der Waals surface area (Å²) in [7, 11) is 1.42. The second-order valence-electron chi connectivity index (χ2n) is 5.20. The van der Waals surface area contributed by atoms with Crippen molar-refractivity contribution in [2.24, 2.45) is 17.1 Å². The summed E-state index contributed by atoms with van der Waals surface area (Å²) in [6, 6.07) is 0. The average Bonchev–Trinajstić information content (AvgIpc) is 2.14. The SMILES string of the molecule is CCC(C)C(C)(CC(=O)OC)C(C)(C)N. The van der Waals surface area contributed by atoms with Crippen LogP contribution in [-0.4, -0.2) is 18.6 Å². The summed E-state index contributed by atoms with van der Waals surface area (Å²) >= 11 is 0. The summed E-state index contributed by atoms with van der Waals surface area (Å²) < 4.78 is 4.74. The predicted octanol–water partition coefficient (Wildman–Crippen LogP) is 2.34. The Hall–Kier alpha value is -0.570. The molecule has 0 rings (SSSR count). The lowest BCUT2D eigenvalue weighted by atomic mass is 9.63. The molecule has 3 heteroatoms. The van der Waals surface area contributed by atoms with E-state index in [0.29, 0.717) is 12.3 Å². The summed E-state index contributed by atoms with van der Waals surface area (Å²) in [5.74, 6) is 0.202. The highest BCUT2D eigenvalue weighted by Crippen LogP contribution is 2.42. The van der Waals surface area contributed by atoms with Crippen LogP contribution in [0.1, 0.15) is 47.5 Å². The van der Waals surface area contributed by atoms with E-state index >= 15 is 0 Å². The van der Waals surface area contributed by atoms with Gasteiger partial charge in [-0.25, -0.2) is 0 Å². The van der Waals surface area contributed by atoms with Crippen LogP contribution in [-0.2, 0) is 9.53 Å². The first-order valence-corrected chi connectivity index (χ1v) is 5.54. The monoisotopic (exact) mass is 215 g/mol. The largest absolute Gasteiger partial charge is 0.469 e. The normalized spacial score (nSPS) is 18.1. The number of nitrogens with two attached hydrogens (primary N) is 1. The lowest BCUT2D eigenvalue weighted by Gasteiger charge is -2.45. The van der Waals surface area contributed by atoms with E-state index in [4.69, 9.17) is 10.5 Å². The van der Waals surface area contributed by atoms with Gasteiger partial charge in [-0.15, -0.1) is 0 Å². The van der Waals surface area contributed by atoms with Gasteiger partial charge in [-0.1, -0.05) is 27.2 Å². The summed E-state index contributed by atoms with van der Waals surface area (Å²) in [6.07, 6.45) is 1.39. The van der Waals surface area contributed by atoms with Gasteiger partial charge in [0.25, 0.3) is 0 Å². The zero-order valence-corrected chi connectivity index (χ0v) is 10.9. The van der Waals surface area contributed by atoms with Gasteiger partial charge in [-0.3, -0.25) is 4.79 Å². The van der Waals surface area contributed by atoms with Crippen molar-refractivity contribution in [1.82, 2.24) is 0 Å². The fraction of sp³-hybridized carbons (Fsp3) is 0.917. The van der Waals surface area contributed by atoms with Gasteiger partial charge < -0.3 is 10.5 Å². The average molecular weight is 215 g/mol. The Morgan fingerprint density at radius 3 is 2.13 bits per heavy atom. The molecule has 2 N–H and O–H groups in total. The molecule has 2 unspecified atom stereocenters. The number of hydrogen-bond donors (Lipinski definition) is 1. The van der Waals surface area contributed by atoms with Gasteiger partial charge in [0.1, 0.15) is 0 Å². The van der Waals surface area contributed by atoms with Crippen LogP contribution in [0.25, 0.3) is 0 Å². The first kappa shape index (κ1) is 14.4. The molecule has 0 aliphatic heterocycles. The molecule has 90 valence electrons. The van der Waals surface area contributed by atoms with Crippen LogP contribution >= 0.6 is 0 Å². The zero-order chi connectivity index (χ0) is 12.3. The number of methoxy groups -OCH3 is 1. The highest BCUT2D eigenvalue weighted by Gasteiger charge is 2.43. The quantitative estimate of drug-likeness (QED) is 0.716. The van der Waals surface area contributed by atoms with E-state index in [1.165, 1.54) is 7.11 Å². The van der Waals surface area contributed by atoms with E-state index in [1.807, 2.05) is 13.8 Å². The van der Waals surface area contributed by atoms with Gasteiger partial charge in [-0.2, -0.15) is 0 Å². The van der Waals surface area contributed by atoms with Gasteiger partial charge >= 0.3 is 5.97 Å². The van der Waals surface area contributed by atoms with E-state index < -0.39 is 5.54 Å². The molecule has 0 aromatic rings. The van der Waals surface area contributed by atoms with E-state index in [2.05, 4.69) is 20.8 Å². The summed E-state index contributed by atoms with van der Waals surface area (Å²) in [5.41, 5.74) is 5.57. The molecule has 15 heavy (non-hydrogen) atoms. The number of carbonyl (C=O) groups is 1. The molecular formula is C12H25NO2. The van der Waals surface area contributed by atoms with Crippen molar-refractivity contribution in [3.05, 3.63) is 0 Å². The molecule has 0 spiro atoms. The van der Waals surface area contributed by atoms with Gasteiger partial charge in [0.15, 0.2) is 0 Å². The number of rotatable bonds is 5. The Labute approximate surface area is 93.4 Å². The maximum absolute atomic E-state index is 11.4. The van der Waals surface area contributed by atoms with E-state index in [1.54, 1.807) is 0 Å². The topological polar surface area (TPSA) is 52.3 Å². The molecule has 0 aliphatic rings. The third kappa shape index (κ3) is 3.20. The van der Waals surface area contributed by atoms with Crippen molar-refractivity contribution in [1.29, 1.82) is 0 Å². The van der Waals surface area contributed by atoms with Crippen molar-refractivity contribution in [3.8, 4) is 0 Å². The molecule has 3 nitrogen and oxygen atoms in total. The molecule has 0 aliphatic carbocycles. The molecule has 0 aromatic carbocycles. The third-order valence-corrected chi connectivity index (χ3v) is 3.91. The highest BCUT2D eigenvalue weighted by atomic mass is 16.5. The Bertz CT molecular complexity index is 220. The highest BCUT2D eigenvalue weighted by molar-refractivity contribution is 5.70. The lowest BCUT2D eigenvalue weighted by Crippen LogP contribution is -2.53. The lowest BCUT2D eigenvalue weighted by molar-refractivity contribution is -0.145. The zero-order valence-electron chi connectivity index (χ0n) is 10.9. The minimum atomic E-state index is -0.392. The summed E-state index contributed by atoms with van der Waals surface area (Å²) in [4.78, 5) is 11.4. The van der Waals surface area contributed by atoms with Crippen molar-refractivity contribution in [2.75, 3.05) is 7.11 Å². The maximum Gasteiger partial charge on any atom is 0.306 e. The number of hydrogen-bond acceptors (Lipinski definition) is 3. The van der Waals surface area contributed by atoms with Crippen LogP contribution in [0.2, 0.25) is 0 Å². The standard InChI is InChI=1S/C12H25NO2/c1-7-9(2)12(5,11(3,4)13)8-10(14)15-6/h9H,7-8,13H2,1-6H3. The summed E-state index contributed by atoms with van der Waals surface area (Å²) in [6.45, 7) is 10.3. The second-order valence-corrected chi connectivity index (χ2v) is 5.20. The Balaban J connectivity index is 4.95. The Morgan fingerprint density at radius 1 is 1.40 bits per heavy atom. The van der Waals surface area contributed by atoms with Crippen LogP contribution in [0.3, 0.4) is 0 Å². The van der Waals surface area contributed by atoms with Crippen LogP contribution < -0.4 is 5.73 Å². The Kier molecular flexibility index (Phi) is 4.78. The van der Waals surface area contributed by atoms with Crippen LogP contribution in [0.4, 0.5) is 0 Å². The van der Waals surface area contributed by atoms with Crippen molar-refractivity contribution in [2.45, 2.75) is 53.0 Å². The molecule has 0 saturated heterocycles. The first-order chi connectivity index (χ1) is 6.69. The summed E-state index contributed by atoms with van der Waals surface area (Å²) in [5, 5.41) is 0. The van der Waals surface area contributed by atoms with Crippen molar-refractivity contribution < 1.29 is 9.53 Å². The molecule has 0 amide bonds. The molecule has 0 heterocycles. The number of esters is 1. The van der Waals surface area contributed by atoms with E-state index in [0.717, 1.165) is 6.42 Å². The number of carbonyl (C=O) groups excluding carboxylic acids is 1. The van der Waals surface area contributed by atoms with Crippen LogP contribution in [0.5, 0.6) is 0 Å². The fourth-order valence-corrected chi connectivity index (χ4v) is 1.86.